The number of carbonyl (C=O) groups excluding carboxylic acids is 1. The van der Waals surface area contributed by atoms with E-state index in [-0.39, 0.29) is 18.5 Å². The fraction of sp³-hybridized carbons (Fsp3) is 0.462. The number of hydrogen-bond donors (Lipinski definition) is 0. The van der Waals surface area contributed by atoms with E-state index < -0.39 is 0 Å². The molecule has 0 unspecified atom stereocenters. The van der Waals surface area contributed by atoms with Crippen LogP contribution in [0.3, 0.4) is 0 Å². The number of amides is 1. The summed E-state index contributed by atoms with van der Waals surface area (Å²) in [6.45, 7) is 0.152. The summed E-state index contributed by atoms with van der Waals surface area (Å²) in [6.07, 6.45) is 5.82. The molecule has 5 heteroatoms. The predicted octanol–water partition coefficient (Wildman–Crippen LogP) is 2.75. The quantitative estimate of drug-likeness (QED) is 0.637. The Morgan fingerprint density at radius 1 is 1.50 bits per heavy atom. The van der Waals surface area contributed by atoms with Crippen LogP contribution in [0, 0.1) is 11.3 Å². The molecular formula is C13H14BrN3O. The minimum Gasteiger partial charge on any atom is -0.322 e. The summed E-state index contributed by atoms with van der Waals surface area (Å²) in [7, 11) is 0. The van der Waals surface area contributed by atoms with Crippen LogP contribution < -0.4 is 0 Å². The molecule has 0 radical (unpaired) electrons. The topological polar surface area (TPSA) is 57.0 Å². The normalized spacial score (nSPS) is 15.3. The van der Waals surface area contributed by atoms with E-state index in [1.165, 1.54) is 0 Å². The zero-order chi connectivity index (χ0) is 13.0. The van der Waals surface area contributed by atoms with Crippen LogP contribution >= 0.6 is 15.9 Å². The molecule has 1 aliphatic carbocycles. The van der Waals surface area contributed by atoms with E-state index in [9.17, 15) is 4.79 Å². The van der Waals surface area contributed by atoms with Crippen molar-refractivity contribution in [2.45, 2.75) is 31.7 Å². The minimum absolute atomic E-state index is 0.0940. The zero-order valence-electron chi connectivity index (χ0n) is 9.97. The average molecular weight is 308 g/mol. The van der Waals surface area contributed by atoms with E-state index in [1.54, 1.807) is 23.2 Å². The van der Waals surface area contributed by atoms with Gasteiger partial charge in [-0.2, -0.15) is 5.26 Å². The van der Waals surface area contributed by atoms with Crippen LogP contribution in [-0.2, 0) is 0 Å². The third kappa shape index (κ3) is 2.88. The largest absolute Gasteiger partial charge is 0.322 e. The maximum Gasteiger partial charge on any atom is 0.256 e. The summed E-state index contributed by atoms with van der Waals surface area (Å²) in [6, 6.07) is 5.77. The molecule has 94 valence electrons. The van der Waals surface area contributed by atoms with Gasteiger partial charge in [0.2, 0.25) is 0 Å². The Bertz CT molecular complexity index is 460. The highest BCUT2D eigenvalue weighted by molar-refractivity contribution is 9.10. The predicted molar refractivity (Wildman–Crippen MR) is 70.8 cm³/mol. The van der Waals surface area contributed by atoms with Crippen LogP contribution in [0.15, 0.2) is 22.9 Å². The van der Waals surface area contributed by atoms with E-state index in [2.05, 4.69) is 27.0 Å². The van der Waals surface area contributed by atoms with Gasteiger partial charge in [-0.05, 0) is 40.9 Å². The number of carbonyl (C=O) groups is 1. The molecule has 0 aromatic carbocycles. The molecule has 2 rings (SSSR count). The second kappa shape index (κ2) is 5.96. The number of hydrogen-bond acceptors (Lipinski definition) is 3. The Morgan fingerprint density at radius 2 is 2.22 bits per heavy atom. The summed E-state index contributed by atoms with van der Waals surface area (Å²) in [5.41, 5.74) is 0.542. The van der Waals surface area contributed by atoms with Crippen LogP contribution in [0.25, 0.3) is 0 Å². The van der Waals surface area contributed by atoms with Crippen LogP contribution in [0.2, 0.25) is 0 Å². The lowest BCUT2D eigenvalue weighted by molar-refractivity contribution is 0.0709. The van der Waals surface area contributed by atoms with Gasteiger partial charge in [0.15, 0.2) is 0 Å². The second-order valence-electron chi connectivity index (χ2n) is 4.40. The van der Waals surface area contributed by atoms with Gasteiger partial charge < -0.3 is 4.90 Å². The Morgan fingerprint density at radius 3 is 2.78 bits per heavy atom. The Balaban J connectivity index is 2.17. The van der Waals surface area contributed by atoms with Crippen molar-refractivity contribution in [1.29, 1.82) is 5.26 Å². The van der Waals surface area contributed by atoms with E-state index in [0.29, 0.717) is 10.2 Å². The summed E-state index contributed by atoms with van der Waals surface area (Å²) in [5.74, 6) is -0.0940. The zero-order valence-corrected chi connectivity index (χ0v) is 11.6. The first kappa shape index (κ1) is 13.0. The SMILES string of the molecule is N#CCN(C(=O)c1ccc(Br)nc1)C1CCCC1. The van der Waals surface area contributed by atoms with Gasteiger partial charge in [0.1, 0.15) is 11.1 Å². The van der Waals surface area contributed by atoms with E-state index >= 15 is 0 Å². The van der Waals surface area contributed by atoms with Gasteiger partial charge in [-0.3, -0.25) is 4.79 Å². The molecule has 1 amide bonds. The third-order valence-corrected chi connectivity index (χ3v) is 3.71. The summed E-state index contributed by atoms with van der Waals surface area (Å²) < 4.78 is 0.701. The van der Waals surface area contributed by atoms with Gasteiger partial charge in [0.25, 0.3) is 5.91 Å². The number of pyridine rings is 1. The summed E-state index contributed by atoms with van der Waals surface area (Å²) >= 11 is 3.24. The number of aromatic nitrogens is 1. The molecule has 0 N–H and O–H groups in total. The van der Waals surface area contributed by atoms with Crippen molar-refractivity contribution in [3.63, 3.8) is 0 Å². The van der Waals surface area contributed by atoms with E-state index in [4.69, 9.17) is 5.26 Å². The molecule has 0 spiro atoms. The Kier molecular flexibility index (Phi) is 4.32. The molecular weight excluding hydrogens is 294 g/mol. The third-order valence-electron chi connectivity index (χ3n) is 3.24. The van der Waals surface area contributed by atoms with Crippen molar-refractivity contribution in [3.05, 3.63) is 28.5 Å². The van der Waals surface area contributed by atoms with Gasteiger partial charge in [-0.25, -0.2) is 4.98 Å². The molecule has 1 saturated carbocycles. The number of nitrogens with zero attached hydrogens (tertiary/aromatic N) is 3. The molecule has 0 atom stereocenters. The minimum atomic E-state index is -0.0940. The fourth-order valence-electron chi connectivity index (χ4n) is 2.33. The van der Waals surface area contributed by atoms with Gasteiger partial charge in [0.05, 0.1) is 11.6 Å². The smallest absolute Gasteiger partial charge is 0.256 e. The van der Waals surface area contributed by atoms with Crippen LogP contribution in [0.1, 0.15) is 36.0 Å². The maximum absolute atomic E-state index is 12.4. The van der Waals surface area contributed by atoms with Gasteiger partial charge >= 0.3 is 0 Å². The number of halogens is 1. The highest BCUT2D eigenvalue weighted by Crippen LogP contribution is 2.24. The van der Waals surface area contributed by atoms with E-state index in [1.807, 2.05) is 0 Å². The Hall–Kier alpha value is -1.41. The first-order chi connectivity index (χ1) is 8.72. The maximum atomic E-state index is 12.4. The first-order valence-corrected chi connectivity index (χ1v) is 6.81. The second-order valence-corrected chi connectivity index (χ2v) is 5.21. The van der Waals surface area contributed by atoms with Crippen molar-refractivity contribution in [2.24, 2.45) is 0 Å². The highest BCUT2D eigenvalue weighted by atomic mass is 79.9. The van der Waals surface area contributed by atoms with Crippen LogP contribution in [-0.4, -0.2) is 28.4 Å². The molecule has 4 nitrogen and oxygen atoms in total. The molecule has 0 saturated heterocycles. The van der Waals surface area contributed by atoms with Crippen molar-refractivity contribution < 1.29 is 4.79 Å². The highest BCUT2D eigenvalue weighted by Gasteiger charge is 2.27. The lowest BCUT2D eigenvalue weighted by Gasteiger charge is -2.26. The van der Waals surface area contributed by atoms with Crippen molar-refractivity contribution in [2.75, 3.05) is 6.54 Å². The number of rotatable bonds is 3. The standard InChI is InChI=1S/C13H14BrN3O/c14-12-6-5-10(9-16-12)13(18)17(8-7-15)11-3-1-2-4-11/h5-6,9,11H,1-4,8H2. The molecule has 1 aromatic heterocycles. The summed E-state index contributed by atoms with van der Waals surface area (Å²) in [5, 5.41) is 8.87. The van der Waals surface area contributed by atoms with Gasteiger partial charge in [0, 0.05) is 12.2 Å². The molecule has 1 heterocycles. The average Bonchev–Trinajstić information content (AvgIpc) is 2.90. The lowest BCUT2D eigenvalue weighted by Crippen LogP contribution is -2.39. The Labute approximate surface area is 115 Å². The van der Waals surface area contributed by atoms with Crippen molar-refractivity contribution >= 4 is 21.8 Å². The molecule has 1 fully saturated rings. The fourth-order valence-corrected chi connectivity index (χ4v) is 2.56. The van der Waals surface area contributed by atoms with E-state index in [0.717, 1.165) is 25.7 Å². The van der Waals surface area contributed by atoms with Crippen molar-refractivity contribution in [1.82, 2.24) is 9.88 Å². The van der Waals surface area contributed by atoms with Crippen molar-refractivity contribution in [3.8, 4) is 6.07 Å². The molecule has 0 aliphatic heterocycles. The molecule has 1 aromatic rings. The molecule has 1 aliphatic rings. The lowest BCUT2D eigenvalue weighted by atomic mass is 10.1. The van der Waals surface area contributed by atoms with Gasteiger partial charge in [-0.15, -0.1) is 0 Å². The van der Waals surface area contributed by atoms with Crippen LogP contribution in [0.4, 0.5) is 0 Å². The summed E-state index contributed by atoms with van der Waals surface area (Å²) in [4.78, 5) is 18.1. The van der Waals surface area contributed by atoms with Gasteiger partial charge in [-0.1, -0.05) is 12.8 Å². The monoisotopic (exact) mass is 307 g/mol. The van der Waals surface area contributed by atoms with Crippen LogP contribution in [0.5, 0.6) is 0 Å². The number of nitriles is 1. The first-order valence-electron chi connectivity index (χ1n) is 6.02. The molecule has 18 heavy (non-hydrogen) atoms. The molecule has 0 bridgehead atoms.